The fourth-order valence-electron chi connectivity index (χ4n) is 2.84. The molecule has 0 bridgehead atoms. The van der Waals surface area contributed by atoms with Crippen molar-refractivity contribution in [3.8, 4) is 0 Å². The summed E-state index contributed by atoms with van der Waals surface area (Å²) in [6.45, 7) is 3.62. The molecule has 1 unspecified atom stereocenters. The summed E-state index contributed by atoms with van der Waals surface area (Å²) >= 11 is 0. The predicted molar refractivity (Wildman–Crippen MR) is 89.9 cm³/mol. The molecular formula is C16H25ClFN3O. The van der Waals surface area contributed by atoms with Crippen LogP contribution in [-0.4, -0.2) is 36.5 Å². The molecule has 1 aliphatic rings. The van der Waals surface area contributed by atoms with Crippen molar-refractivity contribution < 1.29 is 9.18 Å². The molecule has 2 rings (SSSR count). The Labute approximate surface area is 137 Å². The van der Waals surface area contributed by atoms with Crippen LogP contribution in [0.15, 0.2) is 18.2 Å². The van der Waals surface area contributed by atoms with Crippen LogP contribution in [0.4, 0.5) is 10.1 Å². The maximum atomic E-state index is 13.5. The van der Waals surface area contributed by atoms with Crippen molar-refractivity contribution in [2.24, 2.45) is 5.73 Å². The second-order valence-electron chi connectivity index (χ2n) is 5.71. The highest BCUT2D eigenvalue weighted by Crippen LogP contribution is 2.19. The zero-order valence-corrected chi connectivity index (χ0v) is 13.8. The molecule has 1 atom stereocenters. The number of likely N-dealkylation sites (tertiary alicyclic amines) is 1. The van der Waals surface area contributed by atoms with Crippen LogP contribution in [0, 0.1) is 12.7 Å². The van der Waals surface area contributed by atoms with Crippen LogP contribution in [0.25, 0.3) is 0 Å². The summed E-state index contributed by atoms with van der Waals surface area (Å²) in [5.74, 6) is -0.394. The van der Waals surface area contributed by atoms with E-state index < -0.39 is 0 Å². The molecule has 1 heterocycles. The number of nitrogens with zero attached hydrogens (tertiary/aromatic N) is 1. The van der Waals surface area contributed by atoms with Gasteiger partial charge in [0, 0.05) is 11.7 Å². The van der Waals surface area contributed by atoms with E-state index in [1.807, 2.05) is 0 Å². The van der Waals surface area contributed by atoms with Crippen LogP contribution in [0.1, 0.15) is 31.2 Å². The zero-order valence-electron chi connectivity index (χ0n) is 13.0. The van der Waals surface area contributed by atoms with Gasteiger partial charge >= 0.3 is 0 Å². The van der Waals surface area contributed by atoms with Crippen molar-refractivity contribution in [3.05, 3.63) is 29.6 Å². The minimum atomic E-state index is -0.299. The van der Waals surface area contributed by atoms with E-state index >= 15 is 0 Å². The third kappa shape index (κ3) is 5.23. The summed E-state index contributed by atoms with van der Waals surface area (Å²) in [6, 6.07) is 5.15. The van der Waals surface area contributed by atoms with Gasteiger partial charge < -0.3 is 11.1 Å². The van der Waals surface area contributed by atoms with Gasteiger partial charge in [0.2, 0.25) is 5.91 Å². The smallest absolute Gasteiger partial charge is 0.238 e. The molecule has 0 aliphatic carbocycles. The van der Waals surface area contributed by atoms with Crippen LogP contribution < -0.4 is 11.1 Å². The first-order chi connectivity index (χ1) is 10.1. The average molecular weight is 330 g/mol. The second kappa shape index (κ2) is 9.08. The number of aryl methyl sites for hydroxylation is 1. The lowest BCUT2D eigenvalue weighted by molar-refractivity contribution is -0.118. The van der Waals surface area contributed by atoms with E-state index in [2.05, 4.69) is 10.2 Å². The molecule has 1 aromatic carbocycles. The summed E-state index contributed by atoms with van der Waals surface area (Å²) in [6.07, 6.45) is 4.34. The van der Waals surface area contributed by atoms with Crippen molar-refractivity contribution in [3.63, 3.8) is 0 Å². The molecule has 0 aromatic heterocycles. The number of amides is 1. The van der Waals surface area contributed by atoms with E-state index in [0.717, 1.165) is 25.8 Å². The first-order valence-corrected chi connectivity index (χ1v) is 7.60. The van der Waals surface area contributed by atoms with Crippen molar-refractivity contribution in [2.45, 2.75) is 38.6 Å². The molecule has 1 aliphatic heterocycles. The molecule has 6 heteroatoms. The number of benzene rings is 1. The van der Waals surface area contributed by atoms with Gasteiger partial charge in [-0.05, 0) is 57.0 Å². The van der Waals surface area contributed by atoms with Crippen molar-refractivity contribution in [1.29, 1.82) is 0 Å². The van der Waals surface area contributed by atoms with Gasteiger partial charge in [-0.15, -0.1) is 12.4 Å². The summed E-state index contributed by atoms with van der Waals surface area (Å²) < 4.78 is 13.5. The number of anilines is 1. The number of carbonyl (C=O) groups is 1. The first kappa shape index (κ1) is 18.9. The molecule has 3 N–H and O–H groups in total. The highest BCUT2D eigenvalue weighted by molar-refractivity contribution is 5.92. The third-order valence-electron chi connectivity index (χ3n) is 4.05. The molecule has 4 nitrogen and oxygen atoms in total. The standard InChI is InChI=1S/C16H24FN3O.ClH/c1-12-5-6-13(10-15(12)17)19-16(21)11-20-9-3-2-4-14(20)7-8-18;/h5-6,10,14H,2-4,7-9,11,18H2,1H3,(H,19,21);1H. The number of hydrogen-bond donors (Lipinski definition) is 2. The SMILES string of the molecule is Cc1ccc(NC(=O)CN2CCCCC2CCN)cc1F.Cl. The Hall–Kier alpha value is -1.17. The van der Waals surface area contributed by atoms with Gasteiger partial charge in [0.05, 0.1) is 6.54 Å². The minimum absolute atomic E-state index is 0. The fourth-order valence-corrected chi connectivity index (χ4v) is 2.84. The van der Waals surface area contributed by atoms with Gasteiger partial charge in [0.15, 0.2) is 0 Å². The highest BCUT2D eigenvalue weighted by atomic mass is 35.5. The Balaban J connectivity index is 0.00000242. The van der Waals surface area contributed by atoms with Crippen LogP contribution in [0.2, 0.25) is 0 Å². The Bertz CT molecular complexity index is 496. The van der Waals surface area contributed by atoms with E-state index in [1.165, 1.54) is 12.5 Å². The summed E-state index contributed by atoms with van der Waals surface area (Å²) in [5.41, 5.74) is 6.72. The maximum absolute atomic E-state index is 13.5. The molecule has 22 heavy (non-hydrogen) atoms. The first-order valence-electron chi connectivity index (χ1n) is 7.60. The highest BCUT2D eigenvalue weighted by Gasteiger charge is 2.23. The Kier molecular flexibility index (Phi) is 7.79. The maximum Gasteiger partial charge on any atom is 0.238 e. The Morgan fingerprint density at radius 3 is 2.91 bits per heavy atom. The van der Waals surface area contributed by atoms with Crippen molar-refractivity contribution >= 4 is 24.0 Å². The zero-order chi connectivity index (χ0) is 15.2. The summed E-state index contributed by atoms with van der Waals surface area (Å²) in [4.78, 5) is 14.3. The number of carbonyl (C=O) groups excluding carboxylic acids is 1. The number of piperidine rings is 1. The second-order valence-corrected chi connectivity index (χ2v) is 5.71. The molecule has 0 spiro atoms. The largest absolute Gasteiger partial charge is 0.330 e. The lowest BCUT2D eigenvalue weighted by Gasteiger charge is -2.35. The van der Waals surface area contributed by atoms with Crippen molar-refractivity contribution in [2.75, 3.05) is 25.0 Å². The van der Waals surface area contributed by atoms with Crippen LogP contribution >= 0.6 is 12.4 Å². The van der Waals surface area contributed by atoms with Gasteiger partial charge in [0.25, 0.3) is 0 Å². The lowest BCUT2D eigenvalue weighted by atomic mass is 9.99. The lowest BCUT2D eigenvalue weighted by Crippen LogP contribution is -2.44. The van der Waals surface area contributed by atoms with Crippen LogP contribution in [0.5, 0.6) is 0 Å². The predicted octanol–water partition coefficient (Wildman–Crippen LogP) is 2.70. The van der Waals surface area contributed by atoms with Crippen molar-refractivity contribution in [1.82, 2.24) is 4.90 Å². The molecule has 1 aromatic rings. The fraction of sp³-hybridized carbons (Fsp3) is 0.562. The number of hydrogen-bond acceptors (Lipinski definition) is 3. The number of nitrogens with one attached hydrogen (secondary N) is 1. The third-order valence-corrected chi connectivity index (χ3v) is 4.05. The summed E-state index contributed by atoms with van der Waals surface area (Å²) in [5, 5.41) is 2.77. The molecular weight excluding hydrogens is 305 g/mol. The van der Waals surface area contributed by atoms with Crippen LogP contribution in [-0.2, 0) is 4.79 Å². The number of nitrogens with two attached hydrogens (primary N) is 1. The minimum Gasteiger partial charge on any atom is -0.330 e. The van der Waals surface area contributed by atoms with Gasteiger partial charge in [-0.2, -0.15) is 0 Å². The van der Waals surface area contributed by atoms with E-state index in [-0.39, 0.29) is 24.1 Å². The Morgan fingerprint density at radius 2 is 2.23 bits per heavy atom. The van der Waals surface area contributed by atoms with Gasteiger partial charge in [-0.3, -0.25) is 9.69 Å². The van der Waals surface area contributed by atoms with Gasteiger partial charge in [0.1, 0.15) is 5.82 Å². The van der Waals surface area contributed by atoms with E-state index in [4.69, 9.17) is 5.73 Å². The molecule has 1 fully saturated rings. The molecule has 0 radical (unpaired) electrons. The van der Waals surface area contributed by atoms with Gasteiger partial charge in [-0.25, -0.2) is 4.39 Å². The van der Waals surface area contributed by atoms with E-state index in [9.17, 15) is 9.18 Å². The molecule has 124 valence electrons. The quantitative estimate of drug-likeness (QED) is 0.873. The molecule has 1 saturated heterocycles. The number of halogens is 2. The topological polar surface area (TPSA) is 58.4 Å². The normalized spacial score (nSPS) is 18.6. The van der Waals surface area contributed by atoms with E-state index in [0.29, 0.717) is 30.4 Å². The molecule has 0 saturated carbocycles. The summed E-state index contributed by atoms with van der Waals surface area (Å²) in [7, 11) is 0. The monoisotopic (exact) mass is 329 g/mol. The average Bonchev–Trinajstić information content (AvgIpc) is 2.45. The van der Waals surface area contributed by atoms with E-state index in [1.54, 1.807) is 19.1 Å². The number of rotatable bonds is 5. The Morgan fingerprint density at radius 1 is 1.45 bits per heavy atom. The molecule has 1 amide bonds. The van der Waals surface area contributed by atoms with Gasteiger partial charge in [-0.1, -0.05) is 12.5 Å². The van der Waals surface area contributed by atoms with Crippen LogP contribution in [0.3, 0.4) is 0 Å².